The standard InChI is InChI=1S/C14H28N2/c1-14(2)8-4-7-13(10-14)16(3)11-12-6-5-9-15-12/h12-13,15H,4-11H2,1-3H3. The maximum absolute atomic E-state index is 3.61. The minimum absolute atomic E-state index is 0.570. The molecule has 1 heterocycles. The molecule has 2 heteroatoms. The molecule has 1 aliphatic carbocycles. The molecule has 2 fully saturated rings. The summed E-state index contributed by atoms with van der Waals surface area (Å²) in [6.07, 6.45) is 8.37. The Balaban J connectivity index is 1.81. The predicted molar refractivity (Wildman–Crippen MR) is 69.7 cm³/mol. The summed E-state index contributed by atoms with van der Waals surface area (Å²) < 4.78 is 0. The third kappa shape index (κ3) is 3.21. The zero-order valence-corrected chi connectivity index (χ0v) is 11.3. The van der Waals surface area contributed by atoms with E-state index in [0.717, 1.165) is 12.1 Å². The van der Waals surface area contributed by atoms with E-state index in [0.29, 0.717) is 5.41 Å². The van der Waals surface area contributed by atoms with Crippen molar-refractivity contribution in [2.24, 2.45) is 5.41 Å². The van der Waals surface area contributed by atoms with Crippen LogP contribution in [-0.2, 0) is 0 Å². The van der Waals surface area contributed by atoms with Gasteiger partial charge in [-0.2, -0.15) is 0 Å². The molecular weight excluding hydrogens is 196 g/mol. The summed E-state index contributed by atoms with van der Waals surface area (Å²) in [6.45, 7) is 7.34. The number of likely N-dealkylation sites (N-methyl/N-ethyl adjacent to an activating group) is 1. The van der Waals surface area contributed by atoms with Crippen LogP contribution in [0.3, 0.4) is 0 Å². The van der Waals surface area contributed by atoms with E-state index in [4.69, 9.17) is 0 Å². The van der Waals surface area contributed by atoms with Crippen LogP contribution in [-0.4, -0.2) is 37.1 Å². The van der Waals surface area contributed by atoms with Gasteiger partial charge in [-0.25, -0.2) is 0 Å². The summed E-state index contributed by atoms with van der Waals surface area (Å²) in [5.74, 6) is 0. The Bertz CT molecular complexity index is 219. The van der Waals surface area contributed by atoms with Crippen molar-refractivity contribution >= 4 is 0 Å². The fourth-order valence-electron chi connectivity index (χ4n) is 3.44. The second kappa shape index (κ2) is 5.05. The Labute approximate surface area is 101 Å². The van der Waals surface area contributed by atoms with Crippen molar-refractivity contribution in [1.29, 1.82) is 0 Å². The smallest absolute Gasteiger partial charge is 0.0195 e. The molecule has 0 bridgehead atoms. The summed E-state index contributed by atoms with van der Waals surface area (Å²) in [5.41, 5.74) is 0.570. The maximum atomic E-state index is 3.61. The molecule has 1 N–H and O–H groups in total. The van der Waals surface area contributed by atoms with E-state index in [1.807, 2.05) is 0 Å². The van der Waals surface area contributed by atoms with Crippen LogP contribution in [0.25, 0.3) is 0 Å². The largest absolute Gasteiger partial charge is 0.313 e. The second-order valence-corrected chi connectivity index (χ2v) is 6.65. The molecule has 0 amide bonds. The summed E-state index contributed by atoms with van der Waals surface area (Å²) in [7, 11) is 2.33. The molecule has 1 saturated heterocycles. The molecular formula is C14H28N2. The first-order valence-corrected chi connectivity index (χ1v) is 7.00. The Morgan fingerprint density at radius 1 is 1.25 bits per heavy atom. The molecule has 0 aromatic heterocycles. The molecule has 2 unspecified atom stereocenters. The Kier molecular flexibility index (Phi) is 3.91. The molecule has 2 rings (SSSR count). The molecule has 0 aromatic carbocycles. The zero-order chi connectivity index (χ0) is 11.6. The SMILES string of the molecule is CN(CC1CCCN1)C1CCCC(C)(C)C1. The fraction of sp³-hybridized carbons (Fsp3) is 1.00. The van der Waals surface area contributed by atoms with Crippen LogP contribution in [0.1, 0.15) is 52.4 Å². The molecule has 0 spiro atoms. The van der Waals surface area contributed by atoms with E-state index in [9.17, 15) is 0 Å². The highest BCUT2D eigenvalue weighted by Crippen LogP contribution is 2.37. The highest BCUT2D eigenvalue weighted by Gasteiger charge is 2.31. The van der Waals surface area contributed by atoms with E-state index in [-0.39, 0.29) is 0 Å². The van der Waals surface area contributed by atoms with Crippen molar-refractivity contribution in [2.75, 3.05) is 20.1 Å². The van der Waals surface area contributed by atoms with Gasteiger partial charge in [0.05, 0.1) is 0 Å². The first kappa shape index (κ1) is 12.4. The average Bonchev–Trinajstić information content (AvgIpc) is 2.69. The highest BCUT2D eigenvalue weighted by molar-refractivity contribution is 4.86. The number of hydrogen-bond acceptors (Lipinski definition) is 2. The minimum Gasteiger partial charge on any atom is -0.313 e. The van der Waals surface area contributed by atoms with Crippen LogP contribution in [0.5, 0.6) is 0 Å². The van der Waals surface area contributed by atoms with Gasteiger partial charge in [0.25, 0.3) is 0 Å². The summed E-state index contributed by atoms with van der Waals surface area (Å²) in [4.78, 5) is 2.61. The van der Waals surface area contributed by atoms with Crippen LogP contribution in [0.15, 0.2) is 0 Å². The Hall–Kier alpha value is -0.0800. The summed E-state index contributed by atoms with van der Waals surface area (Å²) in [6, 6.07) is 1.58. The molecule has 1 aliphatic heterocycles. The summed E-state index contributed by atoms with van der Waals surface area (Å²) >= 11 is 0. The van der Waals surface area contributed by atoms with E-state index >= 15 is 0 Å². The zero-order valence-electron chi connectivity index (χ0n) is 11.3. The molecule has 0 radical (unpaired) electrons. The van der Waals surface area contributed by atoms with Crippen molar-refractivity contribution in [3.05, 3.63) is 0 Å². The maximum Gasteiger partial charge on any atom is 0.0195 e. The van der Waals surface area contributed by atoms with Crippen molar-refractivity contribution in [3.63, 3.8) is 0 Å². The van der Waals surface area contributed by atoms with Crippen LogP contribution in [0.4, 0.5) is 0 Å². The van der Waals surface area contributed by atoms with Gasteiger partial charge in [0.1, 0.15) is 0 Å². The first-order chi connectivity index (χ1) is 7.57. The lowest BCUT2D eigenvalue weighted by Gasteiger charge is -2.40. The lowest BCUT2D eigenvalue weighted by molar-refractivity contribution is 0.108. The molecule has 94 valence electrons. The monoisotopic (exact) mass is 224 g/mol. The van der Waals surface area contributed by atoms with Crippen LogP contribution in [0.2, 0.25) is 0 Å². The highest BCUT2D eigenvalue weighted by atomic mass is 15.2. The van der Waals surface area contributed by atoms with Crippen molar-refractivity contribution in [2.45, 2.75) is 64.5 Å². The lowest BCUT2D eigenvalue weighted by Crippen LogP contribution is -2.44. The predicted octanol–water partition coefficient (Wildman–Crippen LogP) is 2.64. The van der Waals surface area contributed by atoms with Crippen molar-refractivity contribution < 1.29 is 0 Å². The quantitative estimate of drug-likeness (QED) is 0.793. The number of nitrogens with zero attached hydrogens (tertiary/aromatic N) is 1. The van der Waals surface area contributed by atoms with E-state index in [1.165, 1.54) is 51.6 Å². The van der Waals surface area contributed by atoms with Crippen LogP contribution < -0.4 is 5.32 Å². The fourth-order valence-corrected chi connectivity index (χ4v) is 3.44. The van der Waals surface area contributed by atoms with E-state index < -0.39 is 0 Å². The van der Waals surface area contributed by atoms with Crippen molar-refractivity contribution in [1.82, 2.24) is 10.2 Å². The number of nitrogens with one attached hydrogen (secondary N) is 1. The Morgan fingerprint density at radius 2 is 2.06 bits per heavy atom. The number of rotatable bonds is 3. The van der Waals surface area contributed by atoms with Gasteiger partial charge in [0.15, 0.2) is 0 Å². The molecule has 16 heavy (non-hydrogen) atoms. The van der Waals surface area contributed by atoms with Crippen molar-refractivity contribution in [3.8, 4) is 0 Å². The lowest BCUT2D eigenvalue weighted by atomic mass is 9.75. The summed E-state index contributed by atoms with van der Waals surface area (Å²) in [5, 5.41) is 3.61. The van der Waals surface area contributed by atoms with Gasteiger partial charge in [-0.3, -0.25) is 0 Å². The van der Waals surface area contributed by atoms with Gasteiger partial charge in [0.2, 0.25) is 0 Å². The first-order valence-electron chi connectivity index (χ1n) is 7.00. The van der Waals surface area contributed by atoms with Gasteiger partial charge in [-0.05, 0) is 51.1 Å². The van der Waals surface area contributed by atoms with E-state index in [1.54, 1.807) is 0 Å². The molecule has 2 aliphatic rings. The third-order valence-corrected chi connectivity index (χ3v) is 4.47. The topological polar surface area (TPSA) is 15.3 Å². The normalized spacial score (nSPS) is 34.5. The molecule has 2 nitrogen and oxygen atoms in total. The van der Waals surface area contributed by atoms with Gasteiger partial charge in [-0.1, -0.05) is 20.3 Å². The second-order valence-electron chi connectivity index (χ2n) is 6.65. The third-order valence-electron chi connectivity index (χ3n) is 4.47. The Morgan fingerprint density at radius 3 is 2.69 bits per heavy atom. The van der Waals surface area contributed by atoms with Gasteiger partial charge in [0, 0.05) is 18.6 Å². The minimum atomic E-state index is 0.570. The van der Waals surface area contributed by atoms with Crippen LogP contribution in [0, 0.1) is 5.41 Å². The molecule has 0 aromatic rings. The van der Waals surface area contributed by atoms with E-state index in [2.05, 4.69) is 31.1 Å². The molecule has 2 atom stereocenters. The van der Waals surface area contributed by atoms with Gasteiger partial charge in [-0.15, -0.1) is 0 Å². The van der Waals surface area contributed by atoms with Gasteiger partial charge < -0.3 is 10.2 Å². The number of hydrogen-bond donors (Lipinski definition) is 1. The van der Waals surface area contributed by atoms with Crippen LogP contribution >= 0.6 is 0 Å². The average molecular weight is 224 g/mol. The molecule has 1 saturated carbocycles. The van der Waals surface area contributed by atoms with Gasteiger partial charge >= 0.3 is 0 Å².